The molecule has 1 heterocycles. The van der Waals surface area contributed by atoms with Gasteiger partial charge in [0, 0.05) is 17.5 Å². The van der Waals surface area contributed by atoms with Crippen LogP contribution in [0.15, 0.2) is 41.8 Å². The average molecular weight is 728 g/mol. The summed E-state index contributed by atoms with van der Waals surface area (Å²) in [5, 5.41) is 4.74. The SMILES string of the molecule is C=C[C@@H]1C[C@]1(NC(=O)[C@@H]1CN(S(=O)(=O)c2cccc(Cl)c2)CN1C(=O)[C@@H](NC(=O)OC1CCCC1)C(C)(C)C)C(=O)NS(=O)(=O)C1CC1. The monoisotopic (exact) mass is 727 g/mol. The summed E-state index contributed by atoms with van der Waals surface area (Å²) in [7, 11) is -8.24. The van der Waals surface area contributed by atoms with Crippen LogP contribution in [-0.4, -0.2) is 92.0 Å². The van der Waals surface area contributed by atoms with Crippen molar-refractivity contribution in [2.75, 3.05) is 13.2 Å². The molecule has 0 unspecified atom stereocenters. The number of ether oxygens (including phenoxy) is 1. The van der Waals surface area contributed by atoms with Gasteiger partial charge >= 0.3 is 6.09 Å². The van der Waals surface area contributed by atoms with E-state index in [-0.39, 0.29) is 22.4 Å². The highest BCUT2D eigenvalue weighted by Gasteiger charge is 2.62. The Balaban J connectivity index is 1.44. The summed E-state index contributed by atoms with van der Waals surface area (Å²) in [6.07, 6.45) is 4.46. The number of carbonyl (C=O) groups excluding carboxylic acids is 4. The minimum atomic E-state index is -4.29. The minimum absolute atomic E-state index is 0.0542. The van der Waals surface area contributed by atoms with Crippen LogP contribution in [0.5, 0.6) is 0 Å². The van der Waals surface area contributed by atoms with E-state index in [9.17, 15) is 36.0 Å². The standard InChI is InChI=1S/C31H42ClN5O9S2/c1-5-19-16-31(19,28(40)35-47(42,43)22-13-14-22)34-26(38)24-17-36(48(44,45)23-12-8-9-20(32)15-23)18-37(24)27(39)25(30(2,3)4)33-29(41)46-21-10-6-7-11-21/h5,8-9,12,15,19,21-22,24-25H,1,6-7,10-11,13-14,16-18H2,2-4H3,(H,33,41)(H,34,38)(H,35,40)/t19-,24+,25-,31-/m1/s1. The zero-order valence-corrected chi connectivity index (χ0v) is 29.5. The molecular weight excluding hydrogens is 686 g/mol. The van der Waals surface area contributed by atoms with Gasteiger partial charge < -0.3 is 20.3 Å². The number of nitrogens with one attached hydrogen (secondary N) is 3. The van der Waals surface area contributed by atoms with Gasteiger partial charge in [0.1, 0.15) is 23.7 Å². The summed E-state index contributed by atoms with van der Waals surface area (Å²) in [6, 6.07) is 2.83. The van der Waals surface area contributed by atoms with Gasteiger partial charge in [-0.2, -0.15) is 4.31 Å². The number of rotatable bonds is 11. The van der Waals surface area contributed by atoms with Gasteiger partial charge in [0.25, 0.3) is 5.91 Å². The Labute approximate surface area is 286 Å². The number of carbonyl (C=O) groups is 4. The summed E-state index contributed by atoms with van der Waals surface area (Å²) in [5.41, 5.74) is -2.57. The Morgan fingerprint density at radius 2 is 1.75 bits per heavy atom. The van der Waals surface area contributed by atoms with Crippen molar-refractivity contribution in [3.63, 3.8) is 0 Å². The summed E-state index contributed by atoms with van der Waals surface area (Å²) in [6.45, 7) is 7.76. The Bertz CT molecular complexity index is 1700. The summed E-state index contributed by atoms with van der Waals surface area (Å²) in [5.74, 6) is -3.17. The number of amides is 4. The molecule has 3 saturated carbocycles. The summed E-state index contributed by atoms with van der Waals surface area (Å²) < 4.78 is 61.2. The highest BCUT2D eigenvalue weighted by molar-refractivity contribution is 7.91. The van der Waals surface area contributed by atoms with Gasteiger partial charge in [-0.05, 0) is 68.6 Å². The molecule has 0 spiro atoms. The Kier molecular flexibility index (Phi) is 9.96. The third-order valence-electron chi connectivity index (χ3n) is 9.28. The number of hydrogen-bond acceptors (Lipinski definition) is 9. The van der Waals surface area contributed by atoms with Gasteiger partial charge in [0.15, 0.2) is 0 Å². The van der Waals surface area contributed by atoms with Crippen molar-refractivity contribution in [3.8, 4) is 0 Å². The molecule has 4 amide bonds. The number of nitrogens with zero attached hydrogens (tertiary/aromatic N) is 2. The lowest BCUT2D eigenvalue weighted by Crippen LogP contribution is -2.60. The van der Waals surface area contributed by atoms with Gasteiger partial charge in [0.2, 0.25) is 31.9 Å². The fraction of sp³-hybridized carbons (Fsp3) is 0.613. The molecule has 3 aliphatic carbocycles. The Morgan fingerprint density at radius 3 is 2.31 bits per heavy atom. The van der Waals surface area contributed by atoms with E-state index in [0.717, 1.165) is 22.0 Å². The first-order valence-corrected chi connectivity index (χ1v) is 19.3. The van der Waals surface area contributed by atoms with Crippen molar-refractivity contribution in [2.45, 2.75) is 99.6 Å². The first-order chi connectivity index (χ1) is 22.4. The van der Waals surface area contributed by atoms with Crippen molar-refractivity contribution in [1.82, 2.24) is 24.6 Å². The van der Waals surface area contributed by atoms with Gasteiger partial charge in [-0.25, -0.2) is 21.6 Å². The van der Waals surface area contributed by atoms with Crippen LogP contribution in [-0.2, 0) is 39.2 Å². The topological polar surface area (TPSA) is 188 Å². The molecule has 0 radical (unpaired) electrons. The van der Waals surface area contributed by atoms with Crippen LogP contribution in [0.4, 0.5) is 4.79 Å². The summed E-state index contributed by atoms with van der Waals surface area (Å²) >= 11 is 6.07. The van der Waals surface area contributed by atoms with Crippen LogP contribution in [0.25, 0.3) is 0 Å². The van der Waals surface area contributed by atoms with E-state index < -0.39 is 91.3 Å². The third-order valence-corrected chi connectivity index (χ3v) is 13.1. The van der Waals surface area contributed by atoms with Crippen LogP contribution < -0.4 is 15.4 Å². The number of alkyl carbamates (subject to hydrolysis) is 1. The zero-order valence-electron chi connectivity index (χ0n) is 27.1. The molecule has 1 aliphatic heterocycles. The fourth-order valence-electron chi connectivity index (χ4n) is 6.16. The van der Waals surface area contributed by atoms with Crippen molar-refractivity contribution in [2.24, 2.45) is 11.3 Å². The largest absolute Gasteiger partial charge is 0.446 e. The van der Waals surface area contributed by atoms with Crippen LogP contribution in [0.2, 0.25) is 5.02 Å². The first kappa shape index (κ1) is 36.1. The second kappa shape index (κ2) is 13.2. The van der Waals surface area contributed by atoms with Crippen LogP contribution in [0, 0.1) is 11.3 Å². The lowest BCUT2D eigenvalue weighted by molar-refractivity contribution is -0.142. The second-order valence-electron chi connectivity index (χ2n) is 14.0. The van der Waals surface area contributed by atoms with E-state index in [1.165, 1.54) is 30.3 Å². The molecule has 5 rings (SSSR count). The number of hydrogen-bond donors (Lipinski definition) is 3. The van der Waals surface area contributed by atoms with Crippen LogP contribution in [0.3, 0.4) is 0 Å². The molecule has 1 aromatic carbocycles. The molecule has 1 aromatic rings. The highest BCUT2D eigenvalue weighted by Crippen LogP contribution is 2.45. The van der Waals surface area contributed by atoms with Gasteiger partial charge in [-0.3, -0.25) is 19.1 Å². The van der Waals surface area contributed by atoms with Gasteiger partial charge in [-0.15, -0.1) is 6.58 Å². The molecule has 14 nitrogen and oxygen atoms in total. The van der Waals surface area contributed by atoms with Crippen molar-refractivity contribution < 1.29 is 40.8 Å². The van der Waals surface area contributed by atoms with E-state index >= 15 is 0 Å². The summed E-state index contributed by atoms with van der Waals surface area (Å²) in [4.78, 5) is 55.5. The maximum absolute atomic E-state index is 14.3. The second-order valence-corrected chi connectivity index (χ2v) is 18.3. The molecule has 4 aliphatic rings. The molecule has 3 N–H and O–H groups in total. The molecule has 0 bridgehead atoms. The van der Waals surface area contributed by atoms with Crippen molar-refractivity contribution in [1.29, 1.82) is 0 Å². The molecular formula is C31H42ClN5O9S2. The number of benzene rings is 1. The molecule has 0 aromatic heterocycles. The average Bonchev–Trinajstić information content (AvgIpc) is 3.88. The van der Waals surface area contributed by atoms with E-state index in [4.69, 9.17) is 16.3 Å². The maximum atomic E-state index is 14.3. The van der Waals surface area contributed by atoms with Gasteiger partial charge in [-0.1, -0.05) is 44.5 Å². The molecule has 4 atom stereocenters. The normalized spacial score (nSPS) is 25.6. The van der Waals surface area contributed by atoms with Crippen LogP contribution in [0.1, 0.15) is 65.7 Å². The predicted octanol–water partition coefficient (Wildman–Crippen LogP) is 2.25. The van der Waals surface area contributed by atoms with E-state index in [1.54, 1.807) is 20.8 Å². The molecule has 4 fully saturated rings. The van der Waals surface area contributed by atoms with Crippen molar-refractivity contribution in [3.05, 3.63) is 41.9 Å². The van der Waals surface area contributed by atoms with E-state index in [0.29, 0.717) is 25.7 Å². The smallest absolute Gasteiger partial charge is 0.408 e. The van der Waals surface area contributed by atoms with E-state index in [1.807, 2.05) is 0 Å². The molecule has 1 saturated heterocycles. The highest BCUT2D eigenvalue weighted by atomic mass is 35.5. The predicted molar refractivity (Wildman–Crippen MR) is 175 cm³/mol. The van der Waals surface area contributed by atoms with Crippen molar-refractivity contribution >= 4 is 55.5 Å². The van der Waals surface area contributed by atoms with Crippen LogP contribution >= 0.6 is 11.6 Å². The maximum Gasteiger partial charge on any atom is 0.408 e. The fourth-order valence-corrected chi connectivity index (χ4v) is 9.22. The zero-order chi connectivity index (χ0) is 35.2. The van der Waals surface area contributed by atoms with E-state index in [2.05, 4.69) is 21.9 Å². The lowest BCUT2D eigenvalue weighted by Gasteiger charge is -2.35. The Hall–Kier alpha value is -3.21. The minimum Gasteiger partial charge on any atom is -0.446 e. The molecule has 48 heavy (non-hydrogen) atoms. The third kappa shape index (κ3) is 7.50. The lowest BCUT2D eigenvalue weighted by atomic mass is 9.85. The number of sulfonamides is 2. The Morgan fingerprint density at radius 1 is 1.08 bits per heavy atom. The molecule has 17 heteroatoms. The quantitative estimate of drug-likeness (QED) is 0.287. The van der Waals surface area contributed by atoms with Gasteiger partial charge in [0.05, 0.1) is 16.8 Å². The first-order valence-electron chi connectivity index (χ1n) is 15.9. The molecule has 264 valence electrons. The number of halogens is 1.